The van der Waals surface area contributed by atoms with Crippen LogP contribution in [0.5, 0.6) is 0 Å². The zero-order chi connectivity index (χ0) is 16.0. The molecule has 3 nitrogen and oxygen atoms in total. The highest BCUT2D eigenvalue weighted by Crippen LogP contribution is 2.49. The van der Waals surface area contributed by atoms with Gasteiger partial charge >= 0.3 is 0 Å². The van der Waals surface area contributed by atoms with E-state index in [0.29, 0.717) is 0 Å². The first-order valence-corrected chi connectivity index (χ1v) is 7.72. The highest BCUT2D eigenvalue weighted by molar-refractivity contribution is 5.96. The van der Waals surface area contributed by atoms with Crippen LogP contribution in [0.3, 0.4) is 0 Å². The molecule has 0 spiro atoms. The first-order chi connectivity index (χ1) is 10.4. The van der Waals surface area contributed by atoms with Gasteiger partial charge in [0.25, 0.3) is 0 Å². The number of anilines is 3. The van der Waals surface area contributed by atoms with E-state index in [9.17, 15) is 0 Å². The van der Waals surface area contributed by atoms with Gasteiger partial charge in [-0.3, -0.25) is 0 Å². The van der Waals surface area contributed by atoms with Crippen molar-refractivity contribution in [1.29, 1.82) is 0 Å². The lowest BCUT2D eigenvalue weighted by Gasteiger charge is -2.31. The Labute approximate surface area is 133 Å². The molecule has 2 aromatic rings. The molecule has 0 fully saturated rings. The van der Waals surface area contributed by atoms with Crippen molar-refractivity contribution in [2.45, 2.75) is 6.42 Å². The largest absolute Gasteiger partial charge is 0.376 e. The average Bonchev–Trinajstić information content (AvgIpc) is 2.82. The van der Waals surface area contributed by atoms with Crippen LogP contribution in [0.4, 0.5) is 17.1 Å². The molecule has 0 saturated carbocycles. The molecule has 1 aliphatic carbocycles. The lowest BCUT2D eigenvalue weighted by atomic mass is 10.0. The maximum Gasteiger partial charge on any atom is 0.0839 e. The minimum absolute atomic E-state index is 1.02. The summed E-state index contributed by atoms with van der Waals surface area (Å²) in [5.74, 6) is 0. The maximum absolute atomic E-state index is 2.35. The van der Waals surface area contributed by atoms with Crippen LogP contribution in [0.1, 0.15) is 11.1 Å². The van der Waals surface area contributed by atoms with Crippen LogP contribution >= 0.6 is 0 Å². The molecule has 3 heteroatoms. The summed E-state index contributed by atoms with van der Waals surface area (Å²) in [6.07, 6.45) is 1.02. The molecule has 0 atom stereocenters. The Hall–Kier alpha value is -2.16. The highest BCUT2D eigenvalue weighted by Gasteiger charge is 2.27. The van der Waals surface area contributed by atoms with Crippen molar-refractivity contribution in [1.82, 2.24) is 0 Å². The van der Waals surface area contributed by atoms with Gasteiger partial charge in [0.15, 0.2) is 0 Å². The molecule has 22 heavy (non-hydrogen) atoms. The molecule has 0 unspecified atom stereocenters. The Kier molecular flexibility index (Phi) is 3.51. The molecule has 0 saturated heterocycles. The van der Waals surface area contributed by atoms with E-state index in [1.165, 1.54) is 39.3 Å². The Morgan fingerprint density at radius 3 is 1.95 bits per heavy atom. The van der Waals surface area contributed by atoms with Crippen molar-refractivity contribution >= 4 is 17.1 Å². The number of hydrogen-bond donors (Lipinski definition) is 0. The molecule has 3 rings (SSSR count). The summed E-state index contributed by atoms with van der Waals surface area (Å²) in [5.41, 5.74) is 9.54. The van der Waals surface area contributed by atoms with Crippen molar-refractivity contribution in [3.05, 3.63) is 41.5 Å². The second kappa shape index (κ2) is 5.24. The van der Waals surface area contributed by atoms with Crippen LogP contribution in [0.25, 0.3) is 11.1 Å². The smallest absolute Gasteiger partial charge is 0.0839 e. The summed E-state index contributed by atoms with van der Waals surface area (Å²) >= 11 is 0. The van der Waals surface area contributed by atoms with E-state index in [4.69, 9.17) is 0 Å². The normalized spacial score (nSPS) is 11.9. The number of rotatable bonds is 3. The third kappa shape index (κ3) is 2.12. The first kappa shape index (κ1) is 14.8. The van der Waals surface area contributed by atoms with Gasteiger partial charge in [0.1, 0.15) is 0 Å². The standard InChI is InChI=1S/C19H25N3/c1-20(2)17-12-15-14-10-8-7-9-13(14)11-16(15)18(21(3)4)19(17)22(5)6/h7-10,12H,11H2,1-6H3. The topological polar surface area (TPSA) is 9.72 Å². The molecule has 0 amide bonds. The lowest BCUT2D eigenvalue weighted by Crippen LogP contribution is -2.22. The van der Waals surface area contributed by atoms with Crippen LogP contribution in [-0.2, 0) is 6.42 Å². The van der Waals surface area contributed by atoms with Gasteiger partial charge in [0, 0.05) is 48.7 Å². The van der Waals surface area contributed by atoms with Gasteiger partial charge in [-0.15, -0.1) is 0 Å². The molecule has 0 aliphatic heterocycles. The van der Waals surface area contributed by atoms with E-state index in [-0.39, 0.29) is 0 Å². The van der Waals surface area contributed by atoms with Gasteiger partial charge in [-0.25, -0.2) is 0 Å². The lowest BCUT2D eigenvalue weighted by molar-refractivity contribution is 1.03. The molecule has 2 aromatic carbocycles. The van der Waals surface area contributed by atoms with Crippen molar-refractivity contribution < 1.29 is 0 Å². The quantitative estimate of drug-likeness (QED) is 0.733. The number of hydrogen-bond acceptors (Lipinski definition) is 3. The summed E-state index contributed by atoms with van der Waals surface area (Å²) in [4.78, 5) is 6.70. The Balaban J connectivity index is 2.36. The minimum Gasteiger partial charge on any atom is -0.376 e. The van der Waals surface area contributed by atoms with Gasteiger partial charge in [0.05, 0.1) is 17.1 Å². The fourth-order valence-corrected chi connectivity index (χ4v) is 3.49. The Morgan fingerprint density at radius 1 is 0.727 bits per heavy atom. The zero-order valence-electron chi connectivity index (χ0n) is 14.4. The van der Waals surface area contributed by atoms with E-state index >= 15 is 0 Å². The third-order valence-electron chi connectivity index (χ3n) is 4.41. The molecular weight excluding hydrogens is 270 g/mol. The molecule has 0 heterocycles. The predicted octanol–water partition coefficient (Wildman–Crippen LogP) is 3.46. The summed E-state index contributed by atoms with van der Waals surface area (Å²) in [6, 6.07) is 11.1. The summed E-state index contributed by atoms with van der Waals surface area (Å²) < 4.78 is 0. The SMILES string of the molecule is CN(C)c1cc2c(c(N(C)C)c1N(C)C)Cc1ccccc1-2. The van der Waals surface area contributed by atoms with Crippen LogP contribution in [-0.4, -0.2) is 42.3 Å². The molecular formula is C19H25N3. The van der Waals surface area contributed by atoms with Crippen LogP contribution in [0.15, 0.2) is 30.3 Å². The van der Waals surface area contributed by atoms with E-state index in [1.54, 1.807) is 0 Å². The van der Waals surface area contributed by atoms with Crippen LogP contribution in [0.2, 0.25) is 0 Å². The molecule has 0 N–H and O–H groups in total. The van der Waals surface area contributed by atoms with Gasteiger partial charge in [0.2, 0.25) is 0 Å². The van der Waals surface area contributed by atoms with Crippen molar-refractivity contribution in [3.63, 3.8) is 0 Å². The second-order valence-electron chi connectivity index (χ2n) is 6.64. The van der Waals surface area contributed by atoms with E-state index in [1.807, 2.05) is 0 Å². The zero-order valence-corrected chi connectivity index (χ0v) is 14.4. The highest BCUT2D eigenvalue weighted by atomic mass is 15.2. The van der Waals surface area contributed by atoms with Crippen molar-refractivity contribution in [2.75, 3.05) is 57.0 Å². The first-order valence-electron chi connectivity index (χ1n) is 7.72. The fourth-order valence-electron chi connectivity index (χ4n) is 3.49. The van der Waals surface area contributed by atoms with Gasteiger partial charge in [-0.2, -0.15) is 0 Å². The van der Waals surface area contributed by atoms with E-state index in [2.05, 4.69) is 87.3 Å². The van der Waals surface area contributed by atoms with Crippen molar-refractivity contribution in [2.24, 2.45) is 0 Å². The van der Waals surface area contributed by atoms with Crippen molar-refractivity contribution in [3.8, 4) is 11.1 Å². The second-order valence-corrected chi connectivity index (χ2v) is 6.64. The third-order valence-corrected chi connectivity index (χ3v) is 4.41. The average molecular weight is 295 g/mol. The summed E-state index contributed by atoms with van der Waals surface area (Å²) in [7, 11) is 12.8. The molecule has 0 radical (unpaired) electrons. The molecule has 116 valence electrons. The monoisotopic (exact) mass is 295 g/mol. The number of nitrogens with zero attached hydrogens (tertiary/aromatic N) is 3. The molecule has 0 aromatic heterocycles. The molecule has 1 aliphatic rings. The van der Waals surface area contributed by atoms with Gasteiger partial charge in [-0.05, 0) is 28.3 Å². The number of fused-ring (bicyclic) bond motifs is 3. The Bertz CT molecular complexity index is 715. The minimum atomic E-state index is 1.02. The number of benzene rings is 2. The van der Waals surface area contributed by atoms with Gasteiger partial charge in [-0.1, -0.05) is 24.3 Å². The fraction of sp³-hybridized carbons (Fsp3) is 0.368. The Morgan fingerprint density at radius 2 is 1.36 bits per heavy atom. The summed E-state index contributed by atoms with van der Waals surface area (Å²) in [6.45, 7) is 0. The summed E-state index contributed by atoms with van der Waals surface area (Å²) in [5, 5.41) is 0. The molecule has 0 bridgehead atoms. The van der Waals surface area contributed by atoms with Crippen LogP contribution in [0, 0.1) is 0 Å². The van der Waals surface area contributed by atoms with E-state index in [0.717, 1.165) is 6.42 Å². The van der Waals surface area contributed by atoms with Gasteiger partial charge < -0.3 is 14.7 Å². The van der Waals surface area contributed by atoms with Crippen LogP contribution < -0.4 is 14.7 Å². The van der Waals surface area contributed by atoms with E-state index < -0.39 is 0 Å². The maximum atomic E-state index is 2.35. The predicted molar refractivity (Wildman–Crippen MR) is 97.7 cm³/mol.